The van der Waals surface area contributed by atoms with E-state index < -0.39 is 6.19 Å². The molecular weight excluding hydrogens is 569 g/mol. The summed E-state index contributed by atoms with van der Waals surface area (Å²) in [4.78, 5) is 5.21. The maximum absolute atomic E-state index is 7.22. The van der Waals surface area contributed by atoms with Crippen LogP contribution in [0.15, 0.2) is 93.8 Å². The Morgan fingerprint density at radius 3 is 1.42 bits per heavy atom. The third-order valence-electron chi connectivity index (χ3n) is 9.21. The van der Waals surface area contributed by atoms with Crippen molar-refractivity contribution in [1.82, 2.24) is 14.5 Å². The summed E-state index contributed by atoms with van der Waals surface area (Å²) in [5.74, 6) is 0. The molecule has 0 atom stereocenters. The van der Waals surface area contributed by atoms with E-state index in [1.54, 1.807) is 0 Å². The molecule has 7 heteroatoms. The molecule has 43 heavy (non-hydrogen) atoms. The van der Waals surface area contributed by atoms with Crippen LogP contribution in [0.25, 0.3) is 12.2 Å². The Labute approximate surface area is 263 Å². The normalized spacial score (nSPS) is 22.1. The molecule has 2 heterocycles. The van der Waals surface area contributed by atoms with Crippen LogP contribution >= 0.6 is 6.19 Å². The first-order valence-electron chi connectivity index (χ1n) is 16.1. The van der Waals surface area contributed by atoms with E-state index in [4.69, 9.17) is 21.3 Å². The highest BCUT2D eigenvalue weighted by Crippen LogP contribution is 2.72. The lowest BCUT2D eigenvalue weighted by Gasteiger charge is -2.41. The molecule has 0 amide bonds. The summed E-state index contributed by atoms with van der Waals surface area (Å²) in [6, 6.07) is 21.6. The van der Waals surface area contributed by atoms with E-state index in [0.717, 1.165) is 91.4 Å². The summed E-state index contributed by atoms with van der Waals surface area (Å²) < 4.78 is 14.4. The Hall–Kier alpha value is -2.47. The van der Waals surface area contributed by atoms with E-state index in [1.165, 1.54) is 44.3 Å². The predicted octanol–water partition coefficient (Wildman–Crippen LogP) is 7.57. The largest absolute Gasteiger partial charge is 0.378 e. The number of hydrogen-bond donors (Lipinski definition) is 0. The molecule has 0 radical (unpaired) electrons. The lowest BCUT2D eigenvalue weighted by atomic mass is 10.1. The highest BCUT2D eigenvalue weighted by Gasteiger charge is 2.43. The minimum atomic E-state index is -2.28. The van der Waals surface area contributed by atoms with Gasteiger partial charge in [-0.15, -0.1) is 0 Å². The molecule has 0 bridgehead atoms. The first kappa shape index (κ1) is 30.6. The molecule has 6 rings (SSSR count). The van der Waals surface area contributed by atoms with Gasteiger partial charge < -0.3 is 19.3 Å². The van der Waals surface area contributed by atoms with Gasteiger partial charge in [-0.3, -0.25) is 4.67 Å². The third-order valence-corrected chi connectivity index (χ3v) is 14.9. The molecule has 2 aromatic rings. The Bertz CT molecular complexity index is 1330. The summed E-state index contributed by atoms with van der Waals surface area (Å²) >= 11 is 7.22. The van der Waals surface area contributed by atoms with Gasteiger partial charge in [0.25, 0.3) is 0 Å². The fourth-order valence-corrected chi connectivity index (χ4v) is 12.7. The number of morpholine rings is 2. The van der Waals surface area contributed by atoms with Crippen molar-refractivity contribution in [3.05, 3.63) is 105 Å². The van der Waals surface area contributed by atoms with Gasteiger partial charge in [0.15, 0.2) is 0 Å². The lowest BCUT2D eigenvalue weighted by Crippen LogP contribution is -2.37. The zero-order chi connectivity index (χ0) is 29.6. The van der Waals surface area contributed by atoms with Crippen LogP contribution < -0.4 is 0 Å². The van der Waals surface area contributed by atoms with Crippen molar-refractivity contribution in [3.63, 3.8) is 0 Å². The molecule has 0 aromatic heterocycles. The maximum atomic E-state index is 7.22. The zero-order valence-corrected chi connectivity index (χ0v) is 27.6. The van der Waals surface area contributed by atoms with E-state index in [9.17, 15) is 0 Å². The predicted molar refractivity (Wildman–Crippen MR) is 183 cm³/mol. The molecule has 2 aliphatic carbocycles. The van der Waals surface area contributed by atoms with E-state index in [-0.39, 0.29) is 0 Å². The van der Waals surface area contributed by atoms with Crippen molar-refractivity contribution >= 4 is 30.1 Å². The van der Waals surface area contributed by atoms with Gasteiger partial charge in [-0.25, -0.2) is 0 Å². The second-order valence-electron chi connectivity index (χ2n) is 11.7. The molecule has 2 aliphatic heterocycles. The van der Waals surface area contributed by atoms with Crippen LogP contribution in [0.2, 0.25) is 0 Å². The summed E-state index contributed by atoms with van der Waals surface area (Å²) in [5.41, 5.74) is 8.27. The molecule has 0 unspecified atom stereocenters. The van der Waals surface area contributed by atoms with Crippen molar-refractivity contribution in [2.75, 3.05) is 65.7 Å². The van der Waals surface area contributed by atoms with E-state index in [0.29, 0.717) is 0 Å². The summed E-state index contributed by atoms with van der Waals surface area (Å²) in [6.07, 6.45) is 6.74. The average molecular weight is 616 g/mol. The molecule has 0 spiro atoms. The number of benzene rings is 2. The van der Waals surface area contributed by atoms with Crippen LogP contribution in [-0.2, 0) is 21.3 Å². The molecule has 4 aliphatic rings. The summed E-state index contributed by atoms with van der Waals surface area (Å²) in [6.45, 7) is 13.3. The van der Waals surface area contributed by atoms with E-state index >= 15 is 0 Å². The molecule has 228 valence electrons. The summed E-state index contributed by atoms with van der Waals surface area (Å²) in [5, 5.41) is 3.05. The van der Waals surface area contributed by atoms with Crippen LogP contribution in [0.1, 0.15) is 50.7 Å². The van der Waals surface area contributed by atoms with Crippen LogP contribution in [0, 0.1) is 0 Å². The Morgan fingerprint density at radius 2 is 1.05 bits per heavy atom. The zero-order valence-electron chi connectivity index (χ0n) is 25.8. The second kappa shape index (κ2) is 14.1. The molecule has 5 nitrogen and oxygen atoms in total. The van der Waals surface area contributed by atoms with E-state index in [1.807, 2.05) is 0 Å². The van der Waals surface area contributed by atoms with Crippen LogP contribution in [0.5, 0.6) is 0 Å². The van der Waals surface area contributed by atoms with Gasteiger partial charge in [-0.05, 0) is 60.1 Å². The average Bonchev–Trinajstić information content (AvgIpc) is 3.68. The standard InChI is InChI=1S/C36H46N3O2PS/c1-3-39(4-2)42(43,33-17-15-31(27-29-11-7-5-8-12-29)35(33)37-19-23-40-24-20-37)34-18-16-32(28-30-13-9-6-10-14-30)36(34)38-21-25-41-26-22-38/h5-14,27-28H,3-4,15-26H2,1-2H3/b31-27-,32-28-. The Kier molecular flexibility index (Phi) is 10.0. The Morgan fingerprint density at radius 1 is 0.651 bits per heavy atom. The quantitative estimate of drug-likeness (QED) is 0.270. The van der Waals surface area contributed by atoms with Gasteiger partial charge in [0, 0.05) is 61.3 Å². The number of ether oxygens (including phenoxy) is 2. The highest BCUT2D eigenvalue weighted by molar-refractivity contribution is 8.17. The fourth-order valence-electron chi connectivity index (χ4n) is 7.19. The highest BCUT2D eigenvalue weighted by atomic mass is 32.4. The third kappa shape index (κ3) is 6.36. The molecule has 2 saturated heterocycles. The minimum Gasteiger partial charge on any atom is -0.378 e. The van der Waals surface area contributed by atoms with Gasteiger partial charge in [-0.1, -0.05) is 86.3 Å². The van der Waals surface area contributed by atoms with Crippen LogP contribution in [-0.4, -0.2) is 80.2 Å². The fraction of sp³-hybridized carbons (Fsp3) is 0.444. The van der Waals surface area contributed by atoms with Gasteiger partial charge in [0.2, 0.25) is 0 Å². The van der Waals surface area contributed by atoms with Crippen molar-refractivity contribution in [2.24, 2.45) is 0 Å². The van der Waals surface area contributed by atoms with Crippen LogP contribution in [0.3, 0.4) is 0 Å². The van der Waals surface area contributed by atoms with Crippen molar-refractivity contribution in [1.29, 1.82) is 0 Å². The molecule has 0 saturated carbocycles. The number of hydrogen-bond acceptors (Lipinski definition) is 5. The first-order chi connectivity index (χ1) is 21.1. The van der Waals surface area contributed by atoms with Gasteiger partial charge in [-0.2, -0.15) is 0 Å². The van der Waals surface area contributed by atoms with Crippen molar-refractivity contribution in [3.8, 4) is 0 Å². The van der Waals surface area contributed by atoms with E-state index in [2.05, 4.69) is 101 Å². The molecule has 0 N–H and O–H groups in total. The topological polar surface area (TPSA) is 28.2 Å². The smallest absolute Gasteiger partial charge is 0.0672 e. The maximum Gasteiger partial charge on any atom is 0.0672 e. The van der Waals surface area contributed by atoms with Gasteiger partial charge in [0.05, 0.1) is 32.6 Å². The molecule has 2 aromatic carbocycles. The second-order valence-corrected chi connectivity index (χ2v) is 16.0. The minimum absolute atomic E-state index is 0.773. The summed E-state index contributed by atoms with van der Waals surface area (Å²) in [7, 11) is 0. The Balaban J connectivity index is 1.57. The lowest BCUT2D eigenvalue weighted by molar-refractivity contribution is 0.0547. The van der Waals surface area contributed by atoms with Crippen molar-refractivity contribution in [2.45, 2.75) is 39.5 Å². The first-order valence-corrected chi connectivity index (χ1v) is 18.9. The van der Waals surface area contributed by atoms with Gasteiger partial charge in [0.1, 0.15) is 0 Å². The number of allylic oxidation sites excluding steroid dienone is 4. The number of rotatable bonds is 9. The molecule has 2 fully saturated rings. The number of nitrogens with zero attached hydrogens (tertiary/aromatic N) is 3. The SMILES string of the molecule is CCN(CC)P(=S)(C1=C(N2CCOCC2)/C(=C\c2ccccc2)CC1)C1=C(N2CCOCC2)/C(=C\c2ccccc2)CC1. The van der Waals surface area contributed by atoms with Crippen LogP contribution in [0.4, 0.5) is 0 Å². The van der Waals surface area contributed by atoms with Gasteiger partial charge >= 0.3 is 0 Å². The monoisotopic (exact) mass is 615 g/mol. The molecular formula is C36H46N3O2PS. The van der Waals surface area contributed by atoms with Crippen molar-refractivity contribution < 1.29 is 9.47 Å².